The fourth-order valence-electron chi connectivity index (χ4n) is 4.34. The van der Waals surface area contributed by atoms with E-state index in [0.717, 1.165) is 11.6 Å². The molecule has 0 atom stereocenters. The summed E-state index contributed by atoms with van der Waals surface area (Å²) in [7, 11) is 0. The normalized spacial score (nSPS) is 13.6. The van der Waals surface area contributed by atoms with Gasteiger partial charge in [-0.2, -0.15) is 23.1 Å². The van der Waals surface area contributed by atoms with Crippen LogP contribution in [-0.2, 0) is 29.0 Å². The third kappa shape index (κ3) is 6.99. The molecule has 0 amide bonds. The molecule has 1 saturated heterocycles. The van der Waals surface area contributed by atoms with Crippen molar-refractivity contribution in [2.75, 3.05) is 36.5 Å². The molecule has 3 aromatic heterocycles. The number of aryl methyl sites for hydroxylation is 2. The number of fused-ring (bicyclic) bond motifs is 2. The van der Waals surface area contributed by atoms with Crippen LogP contribution in [0.25, 0.3) is 22.2 Å². The number of H-pyrrole nitrogens is 1. The zero-order valence-electron chi connectivity index (χ0n) is 22.7. The maximum absolute atomic E-state index is 14.1. The number of benzene rings is 2. The number of carbonyl (C=O) groups is 1. The first kappa shape index (κ1) is 30.5. The number of hydrogen-bond acceptors (Lipinski definition) is 8. The summed E-state index contributed by atoms with van der Waals surface area (Å²) in [4.78, 5) is 32.2. The number of hydrogen-bond donors (Lipinski definition) is 3. The van der Waals surface area contributed by atoms with Gasteiger partial charge in [0, 0.05) is 19.6 Å². The van der Waals surface area contributed by atoms with Crippen LogP contribution in [0.2, 0.25) is 0 Å². The highest BCUT2D eigenvalue weighted by molar-refractivity contribution is 5.84. The van der Waals surface area contributed by atoms with Crippen molar-refractivity contribution >= 4 is 39.9 Å². The SMILES string of the molecule is Fc1ccc(CCn2cnc3c(NCc4nc5c(F)c(F)ccc5[nH]4)nc(N4CCOCC4)nc32)cc1.O=C(O)C(F)(F)F. The molecule has 11 nitrogen and oxygen atoms in total. The van der Waals surface area contributed by atoms with Crippen molar-refractivity contribution in [1.29, 1.82) is 0 Å². The van der Waals surface area contributed by atoms with Gasteiger partial charge >= 0.3 is 12.1 Å². The van der Waals surface area contributed by atoms with E-state index >= 15 is 0 Å². The number of morpholine rings is 1. The van der Waals surface area contributed by atoms with E-state index in [2.05, 4.69) is 20.3 Å². The largest absolute Gasteiger partial charge is 0.490 e. The van der Waals surface area contributed by atoms with Crippen LogP contribution in [0.5, 0.6) is 0 Å². The van der Waals surface area contributed by atoms with Crippen molar-refractivity contribution in [3.63, 3.8) is 0 Å². The zero-order chi connectivity index (χ0) is 31.4. The molecule has 2 aromatic carbocycles. The highest BCUT2D eigenvalue weighted by Crippen LogP contribution is 2.25. The van der Waals surface area contributed by atoms with Gasteiger partial charge in [-0.25, -0.2) is 27.9 Å². The van der Waals surface area contributed by atoms with Crippen LogP contribution in [0.3, 0.4) is 0 Å². The average Bonchev–Trinajstić information content (AvgIpc) is 3.62. The van der Waals surface area contributed by atoms with Crippen molar-refractivity contribution < 1.29 is 41.0 Å². The molecule has 0 saturated carbocycles. The van der Waals surface area contributed by atoms with E-state index < -0.39 is 23.8 Å². The van der Waals surface area contributed by atoms with Gasteiger partial charge < -0.3 is 29.6 Å². The fourth-order valence-corrected chi connectivity index (χ4v) is 4.34. The molecule has 1 fully saturated rings. The smallest absolute Gasteiger partial charge is 0.475 e. The van der Waals surface area contributed by atoms with E-state index in [1.807, 2.05) is 9.47 Å². The summed E-state index contributed by atoms with van der Waals surface area (Å²) in [5.41, 5.74) is 2.58. The molecule has 232 valence electrons. The number of anilines is 2. The number of alkyl halides is 3. The van der Waals surface area contributed by atoms with Gasteiger partial charge in [0.15, 0.2) is 28.6 Å². The Hall–Kier alpha value is -4.93. The van der Waals surface area contributed by atoms with Crippen molar-refractivity contribution in [2.24, 2.45) is 0 Å². The first-order valence-corrected chi connectivity index (χ1v) is 13.2. The minimum absolute atomic E-state index is 0.0521. The minimum Gasteiger partial charge on any atom is -0.475 e. The number of aromatic nitrogens is 6. The second kappa shape index (κ2) is 12.7. The molecular formula is C27H24F6N8O3. The number of aliphatic carboxylic acids is 1. The van der Waals surface area contributed by atoms with Crippen molar-refractivity contribution in [2.45, 2.75) is 25.7 Å². The number of nitrogens with one attached hydrogen (secondary N) is 2. The highest BCUT2D eigenvalue weighted by atomic mass is 19.4. The van der Waals surface area contributed by atoms with Gasteiger partial charge in [0.05, 0.1) is 31.6 Å². The Morgan fingerprint density at radius 3 is 2.39 bits per heavy atom. The first-order valence-electron chi connectivity index (χ1n) is 13.2. The number of imidazole rings is 2. The van der Waals surface area contributed by atoms with Gasteiger partial charge in [0.25, 0.3) is 0 Å². The lowest BCUT2D eigenvalue weighted by molar-refractivity contribution is -0.192. The van der Waals surface area contributed by atoms with Crippen molar-refractivity contribution in [3.05, 3.63) is 71.6 Å². The summed E-state index contributed by atoms with van der Waals surface area (Å²) in [6.07, 6.45) is -2.71. The third-order valence-corrected chi connectivity index (χ3v) is 6.56. The summed E-state index contributed by atoms with van der Waals surface area (Å²) in [5.74, 6) is -3.50. The summed E-state index contributed by atoms with van der Waals surface area (Å²) < 4.78 is 80.1. The molecule has 4 heterocycles. The number of carboxylic acid groups (broad SMARTS) is 1. The van der Waals surface area contributed by atoms with Gasteiger partial charge in [-0.3, -0.25) is 0 Å². The second-order valence-electron chi connectivity index (χ2n) is 9.56. The van der Waals surface area contributed by atoms with Crippen molar-refractivity contribution in [3.8, 4) is 0 Å². The average molecular weight is 623 g/mol. The summed E-state index contributed by atoms with van der Waals surface area (Å²) in [6, 6.07) is 8.93. The third-order valence-electron chi connectivity index (χ3n) is 6.56. The lowest BCUT2D eigenvalue weighted by atomic mass is 10.1. The Bertz CT molecular complexity index is 1770. The summed E-state index contributed by atoms with van der Waals surface area (Å²) in [6.45, 7) is 3.25. The van der Waals surface area contributed by atoms with Gasteiger partial charge in [-0.15, -0.1) is 0 Å². The minimum atomic E-state index is -5.08. The quantitative estimate of drug-likeness (QED) is 0.225. The van der Waals surface area contributed by atoms with E-state index in [0.29, 0.717) is 73.5 Å². The van der Waals surface area contributed by atoms with E-state index in [1.54, 1.807) is 18.5 Å². The van der Waals surface area contributed by atoms with Crippen LogP contribution in [0.1, 0.15) is 11.4 Å². The number of rotatable bonds is 7. The monoisotopic (exact) mass is 622 g/mol. The molecule has 17 heteroatoms. The molecule has 0 radical (unpaired) electrons. The first-order chi connectivity index (χ1) is 21.0. The molecule has 5 aromatic rings. The number of carboxylic acids is 1. The Morgan fingerprint density at radius 1 is 1.00 bits per heavy atom. The predicted octanol–water partition coefficient (Wildman–Crippen LogP) is 4.44. The zero-order valence-corrected chi connectivity index (χ0v) is 22.7. The maximum Gasteiger partial charge on any atom is 0.490 e. The van der Waals surface area contributed by atoms with Crippen molar-refractivity contribution in [1.82, 2.24) is 29.5 Å². The van der Waals surface area contributed by atoms with Crippen LogP contribution in [0, 0.1) is 17.5 Å². The highest BCUT2D eigenvalue weighted by Gasteiger charge is 2.38. The van der Waals surface area contributed by atoms with Crippen LogP contribution in [0.4, 0.5) is 38.1 Å². The topological polar surface area (TPSA) is 134 Å². The molecule has 0 aliphatic carbocycles. The number of ether oxygens (including phenoxy) is 1. The molecule has 0 bridgehead atoms. The number of nitrogens with zero attached hydrogens (tertiary/aromatic N) is 6. The van der Waals surface area contributed by atoms with Gasteiger partial charge in [-0.1, -0.05) is 12.1 Å². The molecule has 44 heavy (non-hydrogen) atoms. The Morgan fingerprint density at radius 2 is 1.70 bits per heavy atom. The van der Waals surface area contributed by atoms with E-state index in [9.17, 15) is 26.3 Å². The lowest BCUT2D eigenvalue weighted by Crippen LogP contribution is -2.37. The molecule has 0 spiro atoms. The van der Waals surface area contributed by atoms with Gasteiger partial charge in [0.1, 0.15) is 17.2 Å². The Labute approximate surface area is 244 Å². The maximum atomic E-state index is 14.1. The van der Waals surface area contributed by atoms with Crippen LogP contribution < -0.4 is 10.2 Å². The number of halogens is 6. The predicted molar refractivity (Wildman–Crippen MR) is 145 cm³/mol. The lowest BCUT2D eigenvalue weighted by Gasteiger charge is -2.27. The molecule has 1 aliphatic heterocycles. The van der Waals surface area contributed by atoms with E-state index in [4.69, 9.17) is 24.6 Å². The summed E-state index contributed by atoms with van der Waals surface area (Å²) in [5, 5.41) is 10.4. The molecular weight excluding hydrogens is 598 g/mol. The summed E-state index contributed by atoms with van der Waals surface area (Å²) >= 11 is 0. The van der Waals surface area contributed by atoms with Crippen LogP contribution in [0.15, 0.2) is 42.7 Å². The Balaban J connectivity index is 0.000000493. The second-order valence-corrected chi connectivity index (χ2v) is 9.56. The molecule has 3 N–H and O–H groups in total. The van der Waals surface area contributed by atoms with E-state index in [-0.39, 0.29) is 17.9 Å². The van der Waals surface area contributed by atoms with E-state index in [1.165, 1.54) is 18.2 Å². The molecule has 1 aliphatic rings. The van der Waals surface area contributed by atoms with Crippen LogP contribution in [-0.4, -0.2) is 73.0 Å². The van der Waals surface area contributed by atoms with Gasteiger partial charge in [0.2, 0.25) is 5.95 Å². The number of aromatic amines is 1. The molecule has 6 rings (SSSR count). The van der Waals surface area contributed by atoms with Crippen LogP contribution >= 0.6 is 0 Å². The van der Waals surface area contributed by atoms with Gasteiger partial charge in [-0.05, 0) is 36.2 Å². The Kier molecular flexibility index (Phi) is 8.84. The standard InChI is InChI=1S/C25H23F3N8O.C2HF3O2/c26-16-3-1-15(2-4-16)7-8-36-14-30-22-23(33-25(34-24(22)36)35-9-11-37-12-10-35)29-13-19-31-18-6-5-17(27)20(28)21(18)32-19;3-2(4,5)1(6)7/h1-6,14H,7-13H2,(H,31,32)(H,29,33,34);(H,6,7). The fraction of sp³-hybridized carbons (Fsp3) is 0.296. The molecule has 0 unspecified atom stereocenters.